The Morgan fingerprint density at radius 1 is 1.23 bits per heavy atom. The van der Waals surface area contributed by atoms with Crippen molar-refractivity contribution in [3.05, 3.63) is 29.2 Å². The van der Waals surface area contributed by atoms with Crippen LogP contribution in [0.4, 0.5) is 15.3 Å². The zero-order valence-corrected chi connectivity index (χ0v) is 19.2. The van der Waals surface area contributed by atoms with E-state index in [-0.39, 0.29) is 21.3 Å². The molecule has 10 heteroatoms. The van der Waals surface area contributed by atoms with Crippen LogP contribution in [0.2, 0.25) is 0 Å². The fraction of sp³-hybridized carbons (Fsp3) is 0.550. The van der Waals surface area contributed by atoms with Gasteiger partial charge in [-0.05, 0) is 18.2 Å². The molecular formula is C20H30N6O3S. The zero-order valence-electron chi connectivity index (χ0n) is 18.4. The number of aromatic nitrogens is 2. The van der Waals surface area contributed by atoms with Crippen LogP contribution in [0.1, 0.15) is 26.6 Å². The molecule has 0 radical (unpaired) electrons. The Kier molecular flexibility index (Phi) is 6.15. The maximum atomic E-state index is 12.9. The standard InChI is InChI=1S/C20H30N6O3S/c1-20(2,3)17-22-15-8-7-14(13-16(15)25(17)19(28)23(4)5)21-18(27)30-24-9-11-26(6,29)12-10-24/h7-8,13H,9-12H2,1-6H3,(H,21,27). The average molecular weight is 435 g/mol. The second-order valence-corrected chi connectivity index (χ2v) is 10.1. The molecule has 0 bridgehead atoms. The number of hydroxylamine groups is 3. The minimum absolute atomic E-state index is 0.188. The average Bonchev–Trinajstić information content (AvgIpc) is 3.02. The van der Waals surface area contributed by atoms with Crippen molar-refractivity contribution >= 4 is 39.9 Å². The number of hydrogen-bond donors (Lipinski definition) is 1. The van der Waals surface area contributed by atoms with Crippen LogP contribution in [0.5, 0.6) is 0 Å². The number of amides is 2. The summed E-state index contributed by atoms with van der Waals surface area (Å²) in [6.45, 7) is 8.10. The molecule has 0 saturated carbocycles. The van der Waals surface area contributed by atoms with Gasteiger partial charge in [0.05, 0.1) is 44.3 Å². The van der Waals surface area contributed by atoms with E-state index < -0.39 is 0 Å². The van der Waals surface area contributed by atoms with Crippen molar-refractivity contribution in [3.8, 4) is 0 Å². The van der Waals surface area contributed by atoms with Crippen LogP contribution in [0.25, 0.3) is 11.0 Å². The van der Waals surface area contributed by atoms with Crippen molar-refractivity contribution in [2.75, 3.05) is 52.6 Å². The first-order valence-electron chi connectivity index (χ1n) is 9.91. The lowest BCUT2D eigenvalue weighted by Gasteiger charge is -2.44. The maximum Gasteiger partial charge on any atom is 0.329 e. The third-order valence-electron chi connectivity index (χ3n) is 5.00. The van der Waals surface area contributed by atoms with Crippen molar-refractivity contribution in [2.45, 2.75) is 26.2 Å². The molecule has 2 amide bonds. The highest BCUT2D eigenvalue weighted by Gasteiger charge is 2.28. The number of quaternary nitrogens is 1. The molecule has 0 atom stereocenters. The van der Waals surface area contributed by atoms with E-state index in [0.29, 0.717) is 48.7 Å². The summed E-state index contributed by atoms with van der Waals surface area (Å²) < 4.78 is 3.24. The zero-order chi connectivity index (χ0) is 22.3. The third kappa shape index (κ3) is 4.94. The molecule has 1 aromatic carbocycles. The number of nitrogens with zero attached hydrogens (tertiary/aromatic N) is 5. The highest BCUT2D eigenvalue weighted by molar-refractivity contribution is 8.11. The van der Waals surface area contributed by atoms with Gasteiger partial charge in [-0.1, -0.05) is 20.8 Å². The van der Waals surface area contributed by atoms with Crippen LogP contribution in [0, 0.1) is 5.21 Å². The Balaban J connectivity index is 1.83. The van der Waals surface area contributed by atoms with Crippen LogP contribution in [-0.2, 0) is 5.41 Å². The summed E-state index contributed by atoms with van der Waals surface area (Å²) in [6.07, 6.45) is 0. The SMILES string of the molecule is CN(C)C(=O)n1c(C(C)(C)C)nc2ccc(NC(=O)SN3CC[N+](C)([O-])CC3)cc21. The molecular weight excluding hydrogens is 404 g/mol. The molecule has 1 saturated heterocycles. The number of anilines is 1. The van der Waals surface area contributed by atoms with Crippen molar-refractivity contribution in [2.24, 2.45) is 0 Å². The second-order valence-electron chi connectivity index (χ2n) is 9.08. The van der Waals surface area contributed by atoms with Gasteiger partial charge in [-0.15, -0.1) is 0 Å². The monoisotopic (exact) mass is 434 g/mol. The maximum absolute atomic E-state index is 12.9. The fourth-order valence-electron chi connectivity index (χ4n) is 3.27. The number of likely N-dealkylation sites (N-methyl/N-ethyl adjacent to an activating group) is 1. The van der Waals surface area contributed by atoms with Gasteiger partial charge in [0.25, 0.3) is 5.24 Å². The van der Waals surface area contributed by atoms with Crippen molar-refractivity contribution < 1.29 is 14.2 Å². The molecule has 2 heterocycles. The molecule has 3 rings (SSSR count). The van der Waals surface area contributed by atoms with Crippen molar-refractivity contribution in [3.63, 3.8) is 0 Å². The van der Waals surface area contributed by atoms with Crippen molar-refractivity contribution in [1.29, 1.82) is 0 Å². The summed E-state index contributed by atoms with van der Waals surface area (Å²) >= 11 is 1.08. The minimum Gasteiger partial charge on any atom is -0.633 e. The summed E-state index contributed by atoms with van der Waals surface area (Å²) in [7, 11) is 5.06. The number of piperazine rings is 1. The Bertz CT molecular complexity index is 953. The first-order valence-corrected chi connectivity index (χ1v) is 10.7. The molecule has 1 N–H and O–H groups in total. The lowest BCUT2D eigenvalue weighted by atomic mass is 9.96. The largest absolute Gasteiger partial charge is 0.633 e. The number of benzene rings is 1. The predicted octanol–water partition coefficient (Wildman–Crippen LogP) is 3.30. The van der Waals surface area contributed by atoms with Gasteiger partial charge in [0, 0.05) is 37.1 Å². The van der Waals surface area contributed by atoms with E-state index in [1.807, 2.05) is 31.1 Å². The topological polar surface area (TPSA) is 93.5 Å². The molecule has 1 aliphatic rings. The van der Waals surface area contributed by atoms with Gasteiger partial charge < -0.3 is 20.1 Å². The lowest BCUT2D eigenvalue weighted by molar-refractivity contribution is -0.864. The highest BCUT2D eigenvalue weighted by Crippen LogP contribution is 2.29. The Hall–Kier alpha value is -2.14. The van der Waals surface area contributed by atoms with Gasteiger partial charge in [0.1, 0.15) is 5.82 Å². The van der Waals surface area contributed by atoms with Crippen LogP contribution in [0.3, 0.4) is 0 Å². The molecule has 0 unspecified atom stereocenters. The van der Waals surface area contributed by atoms with Crippen LogP contribution < -0.4 is 5.32 Å². The normalized spacial score (nSPS) is 17.2. The molecule has 1 aromatic heterocycles. The van der Waals surface area contributed by atoms with E-state index >= 15 is 0 Å². The van der Waals surface area contributed by atoms with Crippen LogP contribution in [-0.4, -0.2) is 82.0 Å². The number of nitrogens with one attached hydrogen (secondary N) is 1. The molecule has 164 valence electrons. The van der Waals surface area contributed by atoms with Gasteiger partial charge in [0.2, 0.25) is 0 Å². The van der Waals surface area contributed by atoms with Crippen molar-refractivity contribution in [1.82, 2.24) is 18.8 Å². The highest BCUT2D eigenvalue weighted by atomic mass is 32.2. The van der Waals surface area contributed by atoms with Gasteiger partial charge >= 0.3 is 6.03 Å². The number of carbonyl (C=O) groups excluding carboxylic acids is 2. The lowest BCUT2D eigenvalue weighted by Crippen LogP contribution is -2.52. The number of fused-ring (bicyclic) bond motifs is 1. The minimum atomic E-state index is -0.327. The molecule has 0 aliphatic carbocycles. The van der Waals surface area contributed by atoms with E-state index in [9.17, 15) is 14.8 Å². The molecule has 1 aliphatic heterocycles. The smallest absolute Gasteiger partial charge is 0.329 e. The predicted molar refractivity (Wildman–Crippen MR) is 120 cm³/mol. The molecule has 2 aromatic rings. The summed E-state index contributed by atoms with van der Waals surface area (Å²) in [4.78, 5) is 31.5. The summed E-state index contributed by atoms with van der Waals surface area (Å²) in [5, 5.41) is 14.6. The van der Waals surface area contributed by atoms with E-state index in [1.165, 1.54) is 4.90 Å². The number of carbonyl (C=O) groups is 2. The Morgan fingerprint density at radius 3 is 2.43 bits per heavy atom. The van der Waals surface area contributed by atoms with Crippen LogP contribution >= 0.6 is 11.9 Å². The van der Waals surface area contributed by atoms with Gasteiger partial charge in [-0.3, -0.25) is 4.79 Å². The summed E-state index contributed by atoms with van der Waals surface area (Å²) in [5.74, 6) is 0.668. The number of rotatable bonds is 2. The van der Waals surface area contributed by atoms with E-state index in [4.69, 9.17) is 0 Å². The summed E-state index contributed by atoms with van der Waals surface area (Å²) in [5.41, 5.74) is 1.62. The van der Waals surface area contributed by atoms with Gasteiger partial charge in [-0.2, -0.15) is 0 Å². The van der Waals surface area contributed by atoms with Crippen LogP contribution in [0.15, 0.2) is 18.2 Å². The first-order chi connectivity index (χ1) is 13.9. The second kappa shape index (κ2) is 8.18. The van der Waals surface area contributed by atoms with E-state index in [0.717, 1.165) is 11.9 Å². The Morgan fingerprint density at radius 2 is 1.87 bits per heavy atom. The van der Waals surface area contributed by atoms with E-state index in [1.54, 1.807) is 37.8 Å². The number of hydrogen-bond acceptors (Lipinski definition) is 6. The fourth-order valence-corrected chi connectivity index (χ4v) is 4.01. The third-order valence-corrected chi connectivity index (χ3v) is 5.89. The molecule has 0 spiro atoms. The molecule has 1 fully saturated rings. The number of imidazole rings is 1. The molecule has 9 nitrogen and oxygen atoms in total. The van der Waals surface area contributed by atoms with Gasteiger partial charge in [0.15, 0.2) is 0 Å². The first kappa shape index (κ1) is 22.5. The Labute approximate surface area is 181 Å². The summed E-state index contributed by atoms with van der Waals surface area (Å²) in [6, 6.07) is 5.18. The van der Waals surface area contributed by atoms with E-state index in [2.05, 4.69) is 10.3 Å². The van der Waals surface area contributed by atoms with Gasteiger partial charge in [-0.25, -0.2) is 18.7 Å². The molecule has 30 heavy (non-hydrogen) atoms. The quantitative estimate of drug-likeness (QED) is 0.443.